The number of carbonyl (C=O) groups is 3. The molecule has 4 unspecified atom stereocenters. The van der Waals surface area contributed by atoms with Gasteiger partial charge in [0.1, 0.15) is 5.54 Å². The maximum absolute atomic E-state index is 13.8. The van der Waals surface area contributed by atoms with Crippen LogP contribution in [0, 0.1) is 11.8 Å². The molecule has 3 fully saturated rings. The fraction of sp³-hybridized carbons (Fsp3) is 0.318. The second-order valence-corrected chi connectivity index (χ2v) is 9.12. The Labute approximate surface area is 182 Å². The lowest BCUT2D eigenvalue weighted by molar-refractivity contribution is -0.135. The Morgan fingerprint density at radius 2 is 1.83 bits per heavy atom. The molecule has 3 saturated heterocycles. The zero-order chi connectivity index (χ0) is 20.8. The van der Waals surface area contributed by atoms with E-state index in [9.17, 15) is 14.4 Å². The molecule has 4 aliphatic rings. The van der Waals surface area contributed by atoms with E-state index in [0.717, 1.165) is 18.4 Å². The third-order valence-electron chi connectivity index (χ3n) is 7.05. The number of fused-ring (bicyclic) bond motifs is 7. The highest BCUT2D eigenvalue weighted by Gasteiger charge is 2.74. The van der Waals surface area contributed by atoms with Crippen molar-refractivity contribution in [3.8, 4) is 0 Å². The first-order chi connectivity index (χ1) is 14.5. The van der Waals surface area contributed by atoms with Crippen molar-refractivity contribution >= 4 is 52.3 Å². The fourth-order valence-electron chi connectivity index (χ4n) is 6.06. The standard InChI is InChI=1S/C22H17Cl2N3O3/c23-11-7-8-15(13(24)10-11)27-19(28)17-16-6-3-9-26(16)22(18(17)20(27)29)12-4-1-2-5-14(12)25-21(22)30/h1-2,4-5,7-8,10,16-18H,3,6,9H2,(H,25,30). The lowest BCUT2D eigenvalue weighted by atomic mass is 9.75. The molecule has 2 aromatic carbocycles. The predicted molar refractivity (Wildman–Crippen MR) is 112 cm³/mol. The van der Waals surface area contributed by atoms with Crippen LogP contribution in [-0.2, 0) is 19.9 Å². The molecule has 4 aliphatic heterocycles. The Kier molecular flexibility index (Phi) is 3.71. The van der Waals surface area contributed by atoms with Gasteiger partial charge < -0.3 is 5.32 Å². The average Bonchev–Trinajstić information content (AvgIpc) is 3.41. The van der Waals surface area contributed by atoms with Gasteiger partial charge in [0, 0.05) is 22.3 Å². The largest absolute Gasteiger partial charge is 0.324 e. The minimum absolute atomic E-state index is 0.153. The number of anilines is 2. The van der Waals surface area contributed by atoms with Crippen molar-refractivity contribution < 1.29 is 14.4 Å². The van der Waals surface area contributed by atoms with E-state index in [1.165, 1.54) is 11.0 Å². The highest BCUT2D eigenvalue weighted by molar-refractivity contribution is 6.38. The van der Waals surface area contributed by atoms with Crippen LogP contribution in [0.1, 0.15) is 18.4 Å². The topological polar surface area (TPSA) is 69.7 Å². The third-order valence-corrected chi connectivity index (χ3v) is 7.59. The molecule has 0 aliphatic carbocycles. The van der Waals surface area contributed by atoms with E-state index in [-0.39, 0.29) is 28.8 Å². The summed E-state index contributed by atoms with van der Waals surface area (Å²) in [6, 6.07) is 12.0. The molecule has 2 aromatic rings. The summed E-state index contributed by atoms with van der Waals surface area (Å²) < 4.78 is 0. The molecule has 3 amide bonds. The molecule has 1 spiro atoms. The van der Waals surface area contributed by atoms with Gasteiger partial charge in [-0.1, -0.05) is 41.4 Å². The van der Waals surface area contributed by atoms with Gasteiger partial charge in [-0.2, -0.15) is 0 Å². The molecule has 4 heterocycles. The Bertz CT molecular complexity index is 1150. The second-order valence-electron chi connectivity index (χ2n) is 8.28. The zero-order valence-electron chi connectivity index (χ0n) is 15.8. The molecular formula is C22H17Cl2N3O3. The van der Waals surface area contributed by atoms with E-state index in [1.54, 1.807) is 12.1 Å². The van der Waals surface area contributed by atoms with Gasteiger partial charge in [-0.3, -0.25) is 19.3 Å². The fourth-order valence-corrected chi connectivity index (χ4v) is 6.55. The van der Waals surface area contributed by atoms with Crippen LogP contribution >= 0.6 is 23.2 Å². The van der Waals surface area contributed by atoms with Crippen LogP contribution in [0.2, 0.25) is 10.0 Å². The number of hydrogen-bond donors (Lipinski definition) is 1. The van der Waals surface area contributed by atoms with Gasteiger partial charge in [0.05, 0.1) is 22.5 Å². The molecule has 1 N–H and O–H groups in total. The molecule has 8 heteroatoms. The van der Waals surface area contributed by atoms with E-state index in [0.29, 0.717) is 22.9 Å². The minimum Gasteiger partial charge on any atom is -0.324 e. The summed E-state index contributed by atoms with van der Waals surface area (Å²) in [4.78, 5) is 44.1. The maximum Gasteiger partial charge on any atom is 0.250 e. The summed E-state index contributed by atoms with van der Waals surface area (Å²) in [5.74, 6) is -2.27. The van der Waals surface area contributed by atoms with Crippen LogP contribution in [0.25, 0.3) is 0 Å². The summed E-state index contributed by atoms with van der Waals surface area (Å²) in [5, 5.41) is 3.61. The smallest absolute Gasteiger partial charge is 0.250 e. The number of imide groups is 1. The number of nitrogens with one attached hydrogen (secondary N) is 1. The van der Waals surface area contributed by atoms with Gasteiger partial charge in [0.2, 0.25) is 17.7 Å². The van der Waals surface area contributed by atoms with Crippen molar-refractivity contribution in [1.29, 1.82) is 0 Å². The van der Waals surface area contributed by atoms with Crippen molar-refractivity contribution in [2.75, 3.05) is 16.8 Å². The summed E-state index contributed by atoms with van der Waals surface area (Å²) in [5.41, 5.74) is 0.636. The Hall–Kier alpha value is -2.41. The van der Waals surface area contributed by atoms with E-state index in [1.807, 2.05) is 24.3 Å². The SMILES string of the molecule is O=C1C2C3CCCN3C3(C(=O)Nc4ccccc43)C2C(=O)N1c1ccc(Cl)cc1Cl. The van der Waals surface area contributed by atoms with Gasteiger partial charge in [0.15, 0.2) is 0 Å². The normalized spacial score (nSPS) is 32.0. The molecule has 0 bridgehead atoms. The van der Waals surface area contributed by atoms with Crippen LogP contribution < -0.4 is 10.2 Å². The van der Waals surface area contributed by atoms with Crippen molar-refractivity contribution in [1.82, 2.24) is 4.90 Å². The Balaban J connectivity index is 1.56. The summed E-state index contributed by atoms with van der Waals surface area (Å²) >= 11 is 12.4. The quantitative estimate of drug-likeness (QED) is 0.688. The number of carbonyl (C=O) groups excluding carboxylic acids is 3. The van der Waals surface area contributed by atoms with E-state index >= 15 is 0 Å². The Morgan fingerprint density at radius 1 is 1.03 bits per heavy atom. The van der Waals surface area contributed by atoms with E-state index < -0.39 is 17.4 Å². The number of halogens is 2. The first-order valence-electron chi connectivity index (χ1n) is 9.97. The average molecular weight is 442 g/mol. The van der Waals surface area contributed by atoms with Crippen LogP contribution in [-0.4, -0.2) is 35.2 Å². The molecule has 6 rings (SSSR count). The number of para-hydroxylation sites is 1. The zero-order valence-corrected chi connectivity index (χ0v) is 17.3. The van der Waals surface area contributed by atoms with Gasteiger partial charge in [-0.05, 0) is 43.7 Å². The number of hydrogen-bond acceptors (Lipinski definition) is 4. The predicted octanol–water partition coefficient (Wildman–Crippen LogP) is 3.42. The Morgan fingerprint density at radius 3 is 2.63 bits per heavy atom. The molecule has 4 atom stereocenters. The van der Waals surface area contributed by atoms with E-state index in [2.05, 4.69) is 10.2 Å². The molecule has 6 nitrogen and oxygen atoms in total. The molecule has 30 heavy (non-hydrogen) atoms. The highest BCUT2D eigenvalue weighted by atomic mass is 35.5. The number of benzene rings is 2. The van der Waals surface area contributed by atoms with Crippen LogP contribution in [0.15, 0.2) is 42.5 Å². The van der Waals surface area contributed by atoms with Crippen molar-refractivity contribution in [2.24, 2.45) is 11.8 Å². The molecule has 0 radical (unpaired) electrons. The molecule has 152 valence electrons. The second kappa shape index (κ2) is 6.06. The summed E-state index contributed by atoms with van der Waals surface area (Å²) in [7, 11) is 0. The summed E-state index contributed by atoms with van der Waals surface area (Å²) in [6.07, 6.45) is 1.66. The maximum atomic E-state index is 13.8. The monoisotopic (exact) mass is 441 g/mol. The van der Waals surface area contributed by atoms with Crippen molar-refractivity contribution in [3.63, 3.8) is 0 Å². The molecule has 0 aromatic heterocycles. The lowest BCUT2D eigenvalue weighted by Crippen LogP contribution is -2.54. The van der Waals surface area contributed by atoms with Gasteiger partial charge in [-0.25, -0.2) is 4.90 Å². The number of nitrogens with zero attached hydrogens (tertiary/aromatic N) is 2. The van der Waals surface area contributed by atoms with Crippen LogP contribution in [0.3, 0.4) is 0 Å². The third kappa shape index (κ3) is 2.02. The lowest BCUT2D eigenvalue weighted by Gasteiger charge is -2.36. The highest BCUT2D eigenvalue weighted by Crippen LogP contribution is 2.60. The number of amides is 3. The van der Waals surface area contributed by atoms with Gasteiger partial charge in [0.25, 0.3) is 0 Å². The minimum atomic E-state index is -1.16. The first kappa shape index (κ1) is 18.4. The summed E-state index contributed by atoms with van der Waals surface area (Å²) in [6.45, 7) is 0.682. The van der Waals surface area contributed by atoms with Crippen LogP contribution in [0.4, 0.5) is 11.4 Å². The van der Waals surface area contributed by atoms with Crippen molar-refractivity contribution in [3.05, 3.63) is 58.1 Å². The first-order valence-corrected chi connectivity index (χ1v) is 10.7. The van der Waals surface area contributed by atoms with Gasteiger partial charge in [-0.15, -0.1) is 0 Å². The van der Waals surface area contributed by atoms with Gasteiger partial charge >= 0.3 is 0 Å². The van der Waals surface area contributed by atoms with Crippen molar-refractivity contribution in [2.45, 2.75) is 24.4 Å². The molecular weight excluding hydrogens is 425 g/mol. The molecule has 0 saturated carbocycles. The van der Waals surface area contributed by atoms with Crippen LogP contribution in [0.5, 0.6) is 0 Å². The number of rotatable bonds is 1. The van der Waals surface area contributed by atoms with E-state index in [4.69, 9.17) is 23.2 Å².